The highest BCUT2D eigenvalue weighted by Gasteiger charge is 2.31. The van der Waals surface area contributed by atoms with Gasteiger partial charge < -0.3 is 9.47 Å². The Morgan fingerprint density at radius 2 is 2.38 bits per heavy atom. The zero-order valence-electron chi connectivity index (χ0n) is 9.91. The van der Waals surface area contributed by atoms with Gasteiger partial charge in [0.05, 0.1) is 19.0 Å². The number of ether oxygens (including phenoxy) is 2. The van der Waals surface area contributed by atoms with Crippen molar-refractivity contribution in [2.75, 3.05) is 13.2 Å². The Morgan fingerprint density at radius 1 is 1.56 bits per heavy atom. The maximum Gasteiger partial charge on any atom is 0.162 e. The zero-order chi connectivity index (χ0) is 11.4. The molecule has 0 bridgehead atoms. The summed E-state index contributed by atoms with van der Waals surface area (Å²) in [5, 5.41) is 0. The van der Waals surface area contributed by atoms with Crippen LogP contribution in [0.3, 0.4) is 0 Å². The van der Waals surface area contributed by atoms with Gasteiger partial charge >= 0.3 is 0 Å². The summed E-state index contributed by atoms with van der Waals surface area (Å²) in [5.41, 5.74) is 0.881. The van der Waals surface area contributed by atoms with Crippen LogP contribution >= 0.6 is 0 Å². The first-order valence-corrected chi connectivity index (χ1v) is 6.25. The largest absolute Gasteiger partial charge is 0.501 e. The van der Waals surface area contributed by atoms with Gasteiger partial charge in [0, 0.05) is 18.6 Å². The molecule has 0 amide bonds. The fraction of sp³-hybridized carbons (Fsp3) is 0.769. The van der Waals surface area contributed by atoms with Crippen molar-refractivity contribution in [2.45, 2.75) is 45.1 Å². The Labute approximate surface area is 96.8 Å². The van der Waals surface area contributed by atoms with Crippen LogP contribution in [0.2, 0.25) is 0 Å². The van der Waals surface area contributed by atoms with Crippen molar-refractivity contribution in [1.29, 1.82) is 0 Å². The van der Waals surface area contributed by atoms with Crippen LogP contribution in [0.5, 0.6) is 0 Å². The van der Waals surface area contributed by atoms with Gasteiger partial charge in [-0.05, 0) is 38.5 Å². The standard InChI is InChI=1S/C13H20O3/c1-2-16-12-6-10(7-12)8-13(14)11-4-3-5-15-9-11/h9-10,12H,2-8H2,1H3. The molecule has 1 fully saturated rings. The third kappa shape index (κ3) is 2.85. The van der Waals surface area contributed by atoms with Gasteiger partial charge in [0.25, 0.3) is 0 Å². The average molecular weight is 224 g/mol. The SMILES string of the molecule is CCOC1CC(CC(=O)C2=COCCC2)C1. The first kappa shape index (κ1) is 11.6. The van der Waals surface area contributed by atoms with Gasteiger partial charge in [0.15, 0.2) is 5.78 Å². The van der Waals surface area contributed by atoms with E-state index in [-0.39, 0.29) is 5.78 Å². The van der Waals surface area contributed by atoms with Crippen LogP contribution in [0, 0.1) is 5.92 Å². The van der Waals surface area contributed by atoms with Crippen LogP contribution in [-0.2, 0) is 14.3 Å². The molecule has 0 aromatic heterocycles. The lowest BCUT2D eigenvalue weighted by atomic mass is 9.78. The summed E-state index contributed by atoms with van der Waals surface area (Å²) in [5.74, 6) is 0.812. The highest BCUT2D eigenvalue weighted by atomic mass is 16.5. The molecule has 0 spiro atoms. The van der Waals surface area contributed by atoms with E-state index < -0.39 is 0 Å². The molecule has 0 N–H and O–H groups in total. The maximum atomic E-state index is 11.9. The number of ketones is 1. The molecule has 0 radical (unpaired) electrons. The van der Waals surface area contributed by atoms with Gasteiger partial charge in [-0.1, -0.05) is 0 Å². The van der Waals surface area contributed by atoms with Crippen molar-refractivity contribution < 1.29 is 14.3 Å². The van der Waals surface area contributed by atoms with Crippen LogP contribution in [0.1, 0.15) is 39.0 Å². The minimum Gasteiger partial charge on any atom is -0.501 e. The number of carbonyl (C=O) groups excluding carboxylic acids is 1. The van der Waals surface area contributed by atoms with Crippen molar-refractivity contribution >= 4 is 5.78 Å². The average Bonchev–Trinajstić information content (AvgIpc) is 2.27. The zero-order valence-corrected chi connectivity index (χ0v) is 9.91. The second-order valence-electron chi connectivity index (χ2n) is 4.66. The van der Waals surface area contributed by atoms with E-state index in [2.05, 4.69) is 0 Å². The fourth-order valence-corrected chi connectivity index (χ4v) is 2.38. The van der Waals surface area contributed by atoms with Crippen LogP contribution < -0.4 is 0 Å². The molecule has 1 aliphatic carbocycles. The van der Waals surface area contributed by atoms with E-state index in [1.807, 2.05) is 6.92 Å². The summed E-state index contributed by atoms with van der Waals surface area (Å²) in [7, 11) is 0. The van der Waals surface area contributed by atoms with Crippen molar-refractivity contribution in [2.24, 2.45) is 5.92 Å². The minimum absolute atomic E-state index is 0.277. The minimum atomic E-state index is 0.277. The molecular formula is C13H20O3. The summed E-state index contributed by atoms with van der Waals surface area (Å²) in [6.07, 6.45) is 6.70. The first-order chi connectivity index (χ1) is 7.79. The second kappa shape index (κ2) is 5.48. The van der Waals surface area contributed by atoms with E-state index in [1.165, 1.54) is 0 Å². The number of carbonyl (C=O) groups is 1. The lowest BCUT2D eigenvalue weighted by Gasteiger charge is -2.34. The highest BCUT2D eigenvalue weighted by molar-refractivity contribution is 5.95. The van der Waals surface area contributed by atoms with Crippen LogP contribution in [0.25, 0.3) is 0 Å². The van der Waals surface area contributed by atoms with E-state index >= 15 is 0 Å². The highest BCUT2D eigenvalue weighted by Crippen LogP contribution is 2.34. The monoisotopic (exact) mass is 224 g/mol. The molecule has 16 heavy (non-hydrogen) atoms. The molecule has 1 saturated carbocycles. The van der Waals surface area contributed by atoms with E-state index in [9.17, 15) is 4.79 Å². The molecule has 1 heterocycles. The van der Waals surface area contributed by atoms with Crippen LogP contribution in [-0.4, -0.2) is 25.1 Å². The van der Waals surface area contributed by atoms with Crippen molar-refractivity contribution in [3.05, 3.63) is 11.8 Å². The Bertz CT molecular complexity index is 277. The van der Waals surface area contributed by atoms with Gasteiger partial charge in [0.2, 0.25) is 0 Å². The summed E-state index contributed by atoms with van der Waals surface area (Å²) in [4.78, 5) is 11.9. The van der Waals surface area contributed by atoms with E-state index in [0.717, 1.165) is 44.5 Å². The lowest BCUT2D eigenvalue weighted by Crippen LogP contribution is -2.33. The first-order valence-electron chi connectivity index (χ1n) is 6.25. The van der Waals surface area contributed by atoms with Gasteiger partial charge in [0.1, 0.15) is 0 Å². The quantitative estimate of drug-likeness (QED) is 0.719. The molecule has 0 saturated heterocycles. The molecule has 1 aliphatic heterocycles. The van der Waals surface area contributed by atoms with Crippen LogP contribution in [0.4, 0.5) is 0 Å². The van der Waals surface area contributed by atoms with Crippen molar-refractivity contribution in [3.63, 3.8) is 0 Å². The van der Waals surface area contributed by atoms with E-state index in [1.54, 1.807) is 6.26 Å². The summed E-state index contributed by atoms with van der Waals surface area (Å²) < 4.78 is 10.7. The summed E-state index contributed by atoms with van der Waals surface area (Å²) >= 11 is 0. The van der Waals surface area contributed by atoms with Gasteiger partial charge in [-0.2, -0.15) is 0 Å². The molecular weight excluding hydrogens is 204 g/mol. The van der Waals surface area contributed by atoms with E-state index in [4.69, 9.17) is 9.47 Å². The Kier molecular flexibility index (Phi) is 3.99. The smallest absolute Gasteiger partial charge is 0.162 e. The maximum absolute atomic E-state index is 11.9. The molecule has 3 nitrogen and oxygen atoms in total. The molecule has 2 rings (SSSR count). The van der Waals surface area contributed by atoms with Crippen molar-refractivity contribution in [1.82, 2.24) is 0 Å². The fourth-order valence-electron chi connectivity index (χ4n) is 2.38. The second-order valence-corrected chi connectivity index (χ2v) is 4.66. The molecule has 0 unspecified atom stereocenters. The summed E-state index contributed by atoms with van der Waals surface area (Å²) in [6, 6.07) is 0. The summed E-state index contributed by atoms with van der Waals surface area (Å²) in [6.45, 7) is 3.56. The molecule has 3 heteroatoms. The van der Waals surface area contributed by atoms with Gasteiger partial charge in [-0.3, -0.25) is 4.79 Å². The number of hydrogen-bond donors (Lipinski definition) is 0. The molecule has 0 atom stereocenters. The number of hydrogen-bond acceptors (Lipinski definition) is 3. The van der Waals surface area contributed by atoms with Gasteiger partial charge in [-0.25, -0.2) is 0 Å². The van der Waals surface area contributed by atoms with Crippen molar-refractivity contribution in [3.8, 4) is 0 Å². The number of Topliss-reactive ketones (excluding diaryl/α,β-unsaturated/α-hetero) is 1. The molecule has 90 valence electrons. The number of allylic oxidation sites excluding steroid dienone is 1. The number of rotatable bonds is 5. The topological polar surface area (TPSA) is 35.5 Å². The Hall–Kier alpha value is -0.830. The molecule has 2 aliphatic rings. The third-order valence-electron chi connectivity index (χ3n) is 3.36. The Morgan fingerprint density at radius 3 is 3.00 bits per heavy atom. The predicted octanol–water partition coefficient (Wildman–Crippen LogP) is 2.46. The normalized spacial score (nSPS) is 28.9. The third-order valence-corrected chi connectivity index (χ3v) is 3.36. The van der Waals surface area contributed by atoms with Gasteiger partial charge in [-0.15, -0.1) is 0 Å². The molecule has 0 aromatic carbocycles. The Balaban J connectivity index is 1.70. The van der Waals surface area contributed by atoms with E-state index in [0.29, 0.717) is 18.4 Å². The predicted molar refractivity (Wildman–Crippen MR) is 61.0 cm³/mol. The molecule has 0 aromatic rings. The van der Waals surface area contributed by atoms with Crippen LogP contribution in [0.15, 0.2) is 11.8 Å². The lowest BCUT2D eigenvalue weighted by molar-refractivity contribution is -0.119.